The van der Waals surface area contributed by atoms with Crippen LogP contribution in [-0.2, 0) is 4.79 Å². The molecule has 4 saturated carbocycles. The van der Waals surface area contributed by atoms with Gasteiger partial charge in [0, 0.05) is 5.41 Å². The van der Waals surface area contributed by atoms with Crippen LogP contribution < -0.4 is 0 Å². The summed E-state index contributed by atoms with van der Waals surface area (Å²) in [5, 5.41) is 42.8. The van der Waals surface area contributed by atoms with E-state index in [0.29, 0.717) is 12.3 Å². The van der Waals surface area contributed by atoms with Crippen molar-refractivity contribution in [2.24, 2.45) is 50.2 Å². The Labute approximate surface area is 211 Å². The molecule has 0 unspecified atom stereocenters. The smallest absolute Gasteiger partial charge is 0.310 e. The molecule has 0 aromatic heterocycles. The zero-order valence-electron chi connectivity index (χ0n) is 22.7. The number of rotatable bonds is 2. The Bertz CT molecular complexity index is 941. The van der Waals surface area contributed by atoms with Gasteiger partial charge in [0.1, 0.15) is 0 Å². The molecule has 0 radical (unpaired) electrons. The molecular weight excluding hydrogens is 440 g/mol. The number of carboxylic acids is 1. The molecule has 0 heterocycles. The summed E-state index contributed by atoms with van der Waals surface area (Å²) in [5.74, 6) is -0.0472. The predicted octanol–water partition coefficient (Wildman–Crippen LogP) is 5.18. The van der Waals surface area contributed by atoms with Crippen LogP contribution in [0.5, 0.6) is 0 Å². The first kappa shape index (κ1) is 25.7. The van der Waals surface area contributed by atoms with Gasteiger partial charge in [-0.25, -0.2) is 0 Å². The molecule has 10 atom stereocenters. The van der Waals surface area contributed by atoms with Gasteiger partial charge in [-0.2, -0.15) is 0 Å². The average molecular weight is 489 g/mol. The highest BCUT2D eigenvalue weighted by Crippen LogP contribution is 2.75. The van der Waals surface area contributed by atoms with E-state index in [1.807, 2.05) is 6.92 Å². The Morgan fingerprint density at radius 2 is 1.60 bits per heavy atom. The van der Waals surface area contributed by atoms with Gasteiger partial charge in [0.25, 0.3) is 0 Å². The molecule has 5 aliphatic carbocycles. The van der Waals surface area contributed by atoms with Crippen LogP contribution in [0.1, 0.15) is 99.3 Å². The van der Waals surface area contributed by atoms with Gasteiger partial charge in [-0.15, -0.1) is 0 Å². The van der Waals surface area contributed by atoms with Crippen molar-refractivity contribution < 1.29 is 25.2 Å². The standard InChI is InChI=1S/C30H48O5/c1-25(2)11-13-30(24(34)35)14-12-28(5)18(19(30)15-25)7-8-22-26(3)16-20(32)23(33)27(4,17-31)21(26)9-10-29(22,28)6/h7,19-23,31-33H,8-17H2,1-6H3,(H,34,35)/t19-,20-,21-,22-,23-,26+,27+,28-,29-,30+/m1/s1. The van der Waals surface area contributed by atoms with Crippen LogP contribution >= 0.6 is 0 Å². The second-order valence-electron chi connectivity index (χ2n) is 15.1. The molecule has 0 bridgehead atoms. The molecule has 0 saturated heterocycles. The Kier molecular flexibility index (Phi) is 5.56. The number of aliphatic hydroxyl groups is 3. The fraction of sp³-hybridized carbons (Fsp3) is 0.900. The molecule has 0 aromatic carbocycles. The zero-order chi connectivity index (χ0) is 25.8. The van der Waals surface area contributed by atoms with E-state index in [1.165, 1.54) is 5.57 Å². The molecular formula is C30H48O5. The van der Waals surface area contributed by atoms with Crippen LogP contribution in [0.15, 0.2) is 11.6 Å². The average Bonchev–Trinajstić information content (AvgIpc) is 2.77. The molecule has 0 aliphatic heterocycles. The summed E-state index contributed by atoms with van der Waals surface area (Å²) >= 11 is 0. The molecule has 0 aromatic rings. The van der Waals surface area contributed by atoms with E-state index >= 15 is 0 Å². The highest BCUT2D eigenvalue weighted by atomic mass is 16.4. The van der Waals surface area contributed by atoms with Crippen molar-refractivity contribution in [3.8, 4) is 0 Å². The van der Waals surface area contributed by atoms with Crippen molar-refractivity contribution in [2.75, 3.05) is 6.61 Å². The van der Waals surface area contributed by atoms with Crippen LogP contribution in [0.4, 0.5) is 0 Å². The minimum atomic E-state index is -0.907. The summed E-state index contributed by atoms with van der Waals surface area (Å²) in [5.41, 5.74) is -0.0632. The SMILES string of the molecule is CC1(C)CC[C@]2(C(=O)O)CC[C@]3(C)C(=CC[C@@H]4[C@@]5(C)C[C@@H](O)[C@@H](O)[C@@](C)(CO)[C@@H]5CC[C@]43C)[C@H]2C1. The molecule has 0 amide bonds. The van der Waals surface area contributed by atoms with Crippen molar-refractivity contribution in [3.05, 3.63) is 11.6 Å². The third-order valence-electron chi connectivity index (χ3n) is 13.2. The van der Waals surface area contributed by atoms with Crippen molar-refractivity contribution >= 4 is 5.97 Å². The number of aliphatic hydroxyl groups excluding tert-OH is 3. The number of hydrogen-bond acceptors (Lipinski definition) is 4. The monoisotopic (exact) mass is 488 g/mol. The first-order valence-corrected chi connectivity index (χ1v) is 14.0. The minimum absolute atomic E-state index is 0.00698. The van der Waals surface area contributed by atoms with Gasteiger partial charge < -0.3 is 20.4 Å². The quantitative estimate of drug-likeness (QED) is 0.402. The van der Waals surface area contributed by atoms with E-state index in [-0.39, 0.29) is 40.1 Å². The molecule has 5 nitrogen and oxygen atoms in total. The lowest BCUT2D eigenvalue weighted by Crippen LogP contribution is -2.68. The van der Waals surface area contributed by atoms with Crippen molar-refractivity contribution in [2.45, 2.75) is 112 Å². The number of hydrogen-bond donors (Lipinski definition) is 4. The molecule has 5 heteroatoms. The Balaban J connectivity index is 1.61. The Morgan fingerprint density at radius 1 is 0.943 bits per heavy atom. The molecule has 0 spiro atoms. The number of aliphatic carboxylic acids is 1. The first-order valence-electron chi connectivity index (χ1n) is 14.0. The Hall–Kier alpha value is -0.910. The summed E-state index contributed by atoms with van der Waals surface area (Å²) in [6.07, 6.45) is 8.40. The van der Waals surface area contributed by atoms with Gasteiger partial charge in [0.2, 0.25) is 0 Å². The normalized spacial score (nSPS) is 55.0. The van der Waals surface area contributed by atoms with E-state index in [4.69, 9.17) is 0 Å². The summed E-state index contributed by atoms with van der Waals surface area (Å²) in [6, 6.07) is 0. The second-order valence-corrected chi connectivity index (χ2v) is 15.1. The number of allylic oxidation sites excluding steroid dienone is 2. The van der Waals surface area contributed by atoms with Crippen LogP contribution in [0.3, 0.4) is 0 Å². The third-order valence-corrected chi connectivity index (χ3v) is 13.2. The van der Waals surface area contributed by atoms with Gasteiger partial charge in [-0.3, -0.25) is 4.79 Å². The van der Waals surface area contributed by atoms with E-state index in [0.717, 1.165) is 51.4 Å². The number of carboxylic acid groups (broad SMARTS) is 1. The van der Waals surface area contributed by atoms with E-state index in [1.54, 1.807) is 0 Å². The fourth-order valence-corrected chi connectivity index (χ4v) is 10.8. The summed E-state index contributed by atoms with van der Waals surface area (Å²) in [6.45, 7) is 13.6. The number of fused-ring (bicyclic) bond motifs is 7. The second kappa shape index (κ2) is 7.57. The first-order chi connectivity index (χ1) is 16.1. The molecule has 198 valence electrons. The number of carbonyl (C=O) groups is 1. The van der Waals surface area contributed by atoms with Gasteiger partial charge in [-0.1, -0.05) is 53.2 Å². The predicted molar refractivity (Wildman–Crippen MR) is 135 cm³/mol. The van der Waals surface area contributed by atoms with Gasteiger partial charge >= 0.3 is 5.97 Å². The summed E-state index contributed by atoms with van der Waals surface area (Å²) in [7, 11) is 0. The fourth-order valence-electron chi connectivity index (χ4n) is 10.8. The van der Waals surface area contributed by atoms with Crippen molar-refractivity contribution in [3.63, 3.8) is 0 Å². The molecule has 4 N–H and O–H groups in total. The highest BCUT2D eigenvalue weighted by molar-refractivity contribution is 5.76. The topological polar surface area (TPSA) is 98.0 Å². The van der Waals surface area contributed by atoms with Crippen LogP contribution in [-0.4, -0.2) is 45.2 Å². The minimum Gasteiger partial charge on any atom is -0.481 e. The molecule has 35 heavy (non-hydrogen) atoms. The van der Waals surface area contributed by atoms with Crippen LogP contribution in [0, 0.1) is 50.2 Å². The Morgan fingerprint density at radius 3 is 2.23 bits per heavy atom. The molecule has 5 rings (SSSR count). The lowest BCUT2D eigenvalue weighted by Gasteiger charge is -2.71. The van der Waals surface area contributed by atoms with Crippen molar-refractivity contribution in [1.82, 2.24) is 0 Å². The van der Waals surface area contributed by atoms with Crippen LogP contribution in [0.2, 0.25) is 0 Å². The summed E-state index contributed by atoms with van der Waals surface area (Å²) < 4.78 is 0. The van der Waals surface area contributed by atoms with Gasteiger partial charge in [0.15, 0.2) is 0 Å². The maximum absolute atomic E-state index is 12.8. The molecule has 4 fully saturated rings. The lowest BCUT2D eigenvalue weighted by molar-refractivity contribution is -0.243. The third kappa shape index (κ3) is 3.07. The maximum Gasteiger partial charge on any atom is 0.310 e. The summed E-state index contributed by atoms with van der Waals surface area (Å²) in [4.78, 5) is 12.8. The van der Waals surface area contributed by atoms with Gasteiger partial charge in [-0.05, 0) is 97.2 Å². The van der Waals surface area contributed by atoms with Gasteiger partial charge in [0.05, 0.1) is 24.2 Å². The van der Waals surface area contributed by atoms with E-state index in [9.17, 15) is 25.2 Å². The largest absolute Gasteiger partial charge is 0.481 e. The zero-order valence-corrected chi connectivity index (χ0v) is 22.7. The van der Waals surface area contributed by atoms with Crippen molar-refractivity contribution in [1.29, 1.82) is 0 Å². The highest BCUT2D eigenvalue weighted by Gasteiger charge is 2.70. The maximum atomic E-state index is 12.8. The van der Waals surface area contributed by atoms with Crippen LogP contribution in [0.25, 0.3) is 0 Å². The van der Waals surface area contributed by atoms with E-state index in [2.05, 4.69) is 40.7 Å². The van der Waals surface area contributed by atoms with E-state index < -0.39 is 29.0 Å². The molecule has 5 aliphatic rings. The lowest BCUT2D eigenvalue weighted by atomic mass is 9.33.